The van der Waals surface area contributed by atoms with Crippen LogP contribution in [-0.2, 0) is 4.74 Å². The van der Waals surface area contributed by atoms with Gasteiger partial charge in [0.05, 0.1) is 12.1 Å². The van der Waals surface area contributed by atoms with Crippen molar-refractivity contribution in [2.45, 2.75) is 18.4 Å². The molecule has 1 aromatic rings. The third-order valence-electron chi connectivity index (χ3n) is 3.40. The minimum Gasteiger partial charge on any atom is -0.383 e. The van der Waals surface area contributed by atoms with Gasteiger partial charge in [-0.15, -0.1) is 0 Å². The molecule has 19 heavy (non-hydrogen) atoms. The number of rotatable bonds is 6. The maximum atomic E-state index is 5.34. The topological polar surface area (TPSA) is 62.3 Å². The Kier molecular flexibility index (Phi) is 4.55. The van der Waals surface area contributed by atoms with Crippen molar-refractivity contribution in [3.63, 3.8) is 0 Å². The first-order valence-corrected chi connectivity index (χ1v) is 6.63. The van der Waals surface area contributed by atoms with Gasteiger partial charge < -0.3 is 20.3 Å². The maximum absolute atomic E-state index is 5.34. The molecule has 0 aliphatic carbocycles. The smallest absolute Gasteiger partial charge is 0.226 e. The molecule has 1 aromatic heterocycles. The van der Waals surface area contributed by atoms with Gasteiger partial charge in [-0.25, -0.2) is 4.98 Å². The van der Waals surface area contributed by atoms with Gasteiger partial charge in [-0.05, 0) is 25.5 Å². The van der Waals surface area contributed by atoms with Crippen LogP contribution in [0.1, 0.15) is 12.8 Å². The Bertz CT molecular complexity index is 404. The number of hydrogen-bond acceptors (Lipinski definition) is 6. The normalized spacial score (nSPS) is 22.5. The second-order valence-corrected chi connectivity index (χ2v) is 5.23. The molecule has 6 heteroatoms. The molecular weight excluding hydrogens is 242 g/mol. The second-order valence-electron chi connectivity index (χ2n) is 5.23. The van der Waals surface area contributed by atoms with Crippen LogP contribution in [0, 0.1) is 0 Å². The lowest BCUT2D eigenvalue weighted by molar-refractivity contribution is 0.127. The SMILES string of the molecule is COCC1(CNc2ccnc(N(C)C)n2)CCCN1. The zero-order chi connectivity index (χ0) is 13.7. The van der Waals surface area contributed by atoms with Crippen molar-refractivity contribution in [3.05, 3.63) is 12.3 Å². The van der Waals surface area contributed by atoms with Crippen molar-refractivity contribution in [3.8, 4) is 0 Å². The van der Waals surface area contributed by atoms with E-state index in [9.17, 15) is 0 Å². The summed E-state index contributed by atoms with van der Waals surface area (Å²) in [5.41, 5.74) is 0.0258. The van der Waals surface area contributed by atoms with E-state index in [2.05, 4.69) is 20.6 Å². The van der Waals surface area contributed by atoms with Crippen molar-refractivity contribution in [1.29, 1.82) is 0 Å². The van der Waals surface area contributed by atoms with E-state index in [-0.39, 0.29) is 5.54 Å². The van der Waals surface area contributed by atoms with E-state index in [1.54, 1.807) is 13.3 Å². The van der Waals surface area contributed by atoms with Gasteiger partial charge in [0.1, 0.15) is 5.82 Å². The molecule has 0 bridgehead atoms. The Balaban J connectivity index is 1.99. The quantitative estimate of drug-likeness (QED) is 0.790. The summed E-state index contributed by atoms with van der Waals surface area (Å²) in [6.07, 6.45) is 4.09. The lowest BCUT2D eigenvalue weighted by atomic mass is 9.99. The summed E-state index contributed by atoms with van der Waals surface area (Å²) in [6, 6.07) is 1.89. The molecule has 0 saturated carbocycles. The molecule has 0 amide bonds. The van der Waals surface area contributed by atoms with Gasteiger partial charge in [0.15, 0.2) is 0 Å². The van der Waals surface area contributed by atoms with Crippen molar-refractivity contribution < 1.29 is 4.74 Å². The first kappa shape index (κ1) is 14.0. The maximum Gasteiger partial charge on any atom is 0.226 e. The zero-order valence-electron chi connectivity index (χ0n) is 11.9. The molecule has 2 N–H and O–H groups in total. The van der Waals surface area contributed by atoms with E-state index in [4.69, 9.17) is 4.74 Å². The number of nitrogens with one attached hydrogen (secondary N) is 2. The molecule has 1 aliphatic heterocycles. The van der Waals surface area contributed by atoms with Crippen molar-refractivity contribution in [1.82, 2.24) is 15.3 Å². The van der Waals surface area contributed by atoms with Crippen LogP contribution < -0.4 is 15.5 Å². The Labute approximate surface area is 114 Å². The van der Waals surface area contributed by atoms with Gasteiger partial charge in [0.2, 0.25) is 5.95 Å². The number of ether oxygens (including phenoxy) is 1. The predicted octanol–water partition coefficient (Wildman–Crippen LogP) is 0.723. The largest absolute Gasteiger partial charge is 0.383 e. The van der Waals surface area contributed by atoms with Crippen LogP contribution in [0.5, 0.6) is 0 Å². The molecule has 1 atom stereocenters. The van der Waals surface area contributed by atoms with E-state index < -0.39 is 0 Å². The Morgan fingerprint density at radius 2 is 2.37 bits per heavy atom. The van der Waals surface area contributed by atoms with Crippen LogP contribution in [0.4, 0.5) is 11.8 Å². The van der Waals surface area contributed by atoms with Crippen LogP contribution in [-0.4, -0.2) is 56.4 Å². The van der Waals surface area contributed by atoms with Crippen LogP contribution in [0.2, 0.25) is 0 Å². The van der Waals surface area contributed by atoms with Crippen molar-refractivity contribution in [2.24, 2.45) is 0 Å². The Morgan fingerprint density at radius 3 is 3.00 bits per heavy atom. The molecule has 1 saturated heterocycles. The van der Waals surface area contributed by atoms with Gasteiger partial charge in [-0.1, -0.05) is 0 Å². The first-order valence-electron chi connectivity index (χ1n) is 6.63. The molecular formula is C13H23N5O. The molecule has 1 fully saturated rings. The molecule has 1 unspecified atom stereocenters. The van der Waals surface area contributed by atoms with E-state index in [1.807, 2.05) is 25.1 Å². The highest BCUT2D eigenvalue weighted by molar-refractivity contribution is 5.40. The minimum atomic E-state index is 0.0258. The van der Waals surface area contributed by atoms with E-state index in [0.29, 0.717) is 12.6 Å². The number of anilines is 2. The summed E-state index contributed by atoms with van der Waals surface area (Å²) in [5.74, 6) is 1.56. The second kappa shape index (κ2) is 6.16. The lowest BCUT2D eigenvalue weighted by Crippen LogP contribution is -2.49. The van der Waals surface area contributed by atoms with Gasteiger partial charge in [-0.2, -0.15) is 4.98 Å². The minimum absolute atomic E-state index is 0.0258. The Hall–Kier alpha value is -1.40. The van der Waals surface area contributed by atoms with Crippen molar-refractivity contribution >= 4 is 11.8 Å². The van der Waals surface area contributed by atoms with E-state index >= 15 is 0 Å². The van der Waals surface area contributed by atoms with Gasteiger partial charge >= 0.3 is 0 Å². The van der Waals surface area contributed by atoms with Gasteiger partial charge in [0, 0.05) is 33.9 Å². The van der Waals surface area contributed by atoms with E-state index in [0.717, 1.165) is 25.3 Å². The fourth-order valence-electron chi connectivity index (χ4n) is 2.39. The van der Waals surface area contributed by atoms with Crippen LogP contribution in [0.3, 0.4) is 0 Å². The number of methoxy groups -OCH3 is 1. The predicted molar refractivity (Wildman–Crippen MR) is 76.7 cm³/mol. The third kappa shape index (κ3) is 3.54. The highest BCUT2D eigenvalue weighted by atomic mass is 16.5. The average Bonchev–Trinajstić information content (AvgIpc) is 2.86. The lowest BCUT2D eigenvalue weighted by Gasteiger charge is -2.29. The summed E-state index contributed by atoms with van der Waals surface area (Å²) >= 11 is 0. The number of aromatic nitrogens is 2. The van der Waals surface area contributed by atoms with Crippen LogP contribution >= 0.6 is 0 Å². The standard InChI is InChI=1S/C13H23N5O/c1-18(2)12-14-8-5-11(17-12)15-9-13(10-19-3)6-4-7-16-13/h5,8,16H,4,6-7,9-10H2,1-3H3,(H,14,15,17). The van der Waals surface area contributed by atoms with Crippen LogP contribution in [0.25, 0.3) is 0 Å². The fraction of sp³-hybridized carbons (Fsp3) is 0.692. The van der Waals surface area contributed by atoms with E-state index in [1.165, 1.54) is 6.42 Å². The highest BCUT2D eigenvalue weighted by Gasteiger charge is 2.33. The highest BCUT2D eigenvalue weighted by Crippen LogP contribution is 2.20. The number of nitrogens with zero attached hydrogens (tertiary/aromatic N) is 3. The summed E-state index contributed by atoms with van der Waals surface area (Å²) in [4.78, 5) is 10.6. The molecule has 0 radical (unpaired) electrons. The molecule has 2 rings (SSSR count). The molecule has 2 heterocycles. The average molecular weight is 265 g/mol. The first-order chi connectivity index (χ1) is 9.15. The molecule has 0 aromatic carbocycles. The molecule has 106 valence electrons. The Morgan fingerprint density at radius 1 is 1.53 bits per heavy atom. The molecule has 1 aliphatic rings. The monoisotopic (exact) mass is 265 g/mol. The van der Waals surface area contributed by atoms with Crippen LogP contribution in [0.15, 0.2) is 12.3 Å². The third-order valence-corrected chi connectivity index (χ3v) is 3.40. The molecule has 0 spiro atoms. The fourth-order valence-corrected chi connectivity index (χ4v) is 2.39. The summed E-state index contributed by atoms with van der Waals surface area (Å²) in [7, 11) is 5.62. The zero-order valence-corrected chi connectivity index (χ0v) is 11.9. The summed E-state index contributed by atoms with van der Waals surface area (Å²) in [5, 5.41) is 6.92. The molecule has 6 nitrogen and oxygen atoms in total. The number of hydrogen-bond donors (Lipinski definition) is 2. The van der Waals surface area contributed by atoms with Crippen molar-refractivity contribution in [2.75, 3.05) is 51.1 Å². The summed E-state index contributed by atoms with van der Waals surface area (Å²) in [6.45, 7) is 2.58. The van der Waals surface area contributed by atoms with Gasteiger partial charge in [-0.3, -0.25) is 0 Å². The van der Waals surface area contributed by atoms with Gasteiger partial charge in [0.25, 0.3) is 0 Å². The summed E-state index contributed by atoms with van der Waals surface area (Å²) < 4.78 is 5.34.